The van der Waals surface area contributed by atoms with Crippen LogP contribution in [0.4, 0.5) is 0 Å². The van der Waals surface area contributed by atoms with Crippen LogP contribution in [0.2, 0.25) is 0 Å². The molecule has 0 fully saturated rings. The first-order chi connectivity index (χ1) is 10.6. The van der Waals surface area contributed by atoms with Crippen molar-refractivity contribution in [3.63, 3.8) is 0 Å². The Labute approximate surface area is 134 Å². The maximum atomic E-state index is 11.8. The van der Waals surface area contributed by atoms with Crippen LogP contribution in [0, 0.1) is 0 Å². The van der Waals surface area contributed by atoms with Crippen LogP contribution in [0.1, 0.15) is 16.2 Å². The number of nitrogens with zero attached hydrogens (tertiary/aromatic N) is 4. The molecule has 0 radical (unpaired) electrons. The Morgan fingerprint density at radius 3 is 3.05 bits per heavy atom. The summed E-state index contributed by atoms with van der Waals surface area (Å²) in [6, 6.07) is 7.51. The molecule has 0 saturated carbocycles. The maximum absolute atomic E-state index is 11.8. The summed E-state index contributed by atoms with van der Waals surface area (Å²) in [6.07, 6.45) is 3.01. The number of ether oxygens (including phenoxy) is 1. The highest BCUT2D eigenvalue weighted by Crippen LogP contribution is 2.20. The first kappa shape index (κ1) is 14.5. The fraction of sp³-hybridized carbons (Fsp3) is 0.143. The van der Waals surface area contributed by atoms with Gasteiger partial charge in [-0.2, -0.15) is 10.1 Å². The summed E-state index contributed by atoms with van der Waals surface area (Å²) < 4.78 is 12.6. The van der Waals surface area contributed by atoms with E-state index < -0.39 is 5.97 Å². The van der Waals surface area contributed by atoms with E-state index >= 15 is 0 Å². The van der Waals surface area contributed by atoms with Gasteiger partial charge in [-0.25, -0.2) is 4.79 Å². The molecule has 1 aromatic carbocycles. The summed E-state index contributed by atoms with van der Waals surface area (Å²) in [6.45, 7) is -0.0886. The molecule has 112 valence electrons. The van der Waals surface area contributed by atoms with Gasteiger partial charge < -0.3 is 9.26 Å². The monoisotopic (exact) mass is 362 g/mol. The average Bonchev–Trinajstić information content (AvgIpc) is 3.14. The predicted octanol–water partition coefficient (Wildman–Crippen LogP) is 2.59. The number of benzene rings is 1. The molecule has 0 aliphatic heterocycles. The van der Waals surface area contributed by atoms with Crippen molar-refractivity contribution in [2.24, 2.45) is 7.05 Å². The van der Waals surface area contributed by atoms with Gasteiger partial charge in [-0.05, 0) is 12.1 Å². The molecule has 3 rings (SSSR count). The lowest BCUT2D eigenvalue weighted by atomic mass is 10.2. The summed E-state index contributed by atoms with van der Waals surface area (Å²) in [7, 11) is 1.72. The number of halogens is 1. The van der Waals surface area contributed by atoms with Crippen LogP contribution in [0.3, 0.4) is 0 Å². The maximum Gasteiger partial charge on any atom is 0.341 e. The molecule has 0 N–H and O–H groups in total. The SMILES string of the molecule is Cn1cc(C(=O)OCc2nc(-c3cccc(Br)c3)no2)cn1. The third kappa shape index (κ3) is 3.22. The van der Waals surface area contributed by atoms with Gasteiger partial charge in [-0.1, -0.05) is 33.2 Å². The molecule has 3 aromatic rings. The van der Waals surface area contributed by atoms with Crippen molar-refractivity contribution < 1.29 is 14.1 Å². The Morgan fingerprint density at radius 2 is 2.32 bits per heavy atom. The van der Waals surface area contributed by atoms with Crippen LogP contribution < -0.4 is 0 Å². The second-order valence-electron chi connectivity index (χ2n) is 4.50. The highest BCUT2D eigenvalue weighted by molar-refractivity contribution is 9.10. The summed E-state index contributed by atoms with van der Waals surface area (Å²) in [5, 5.41) is 7.77. The van der Waals surface area contributed by atoms with Crippen molar-refractivity contribution in [2.75, 3.05) is 0 Å². The van der Waals surface area contributed by atoms with E-state index in [1.54, 1.807) is 13.2 Å². The zero-order valence-electron chi connectivity index (χ0n) is 11.6. The number of rotatable bonds is 4. The highest BCUT2D eigenvalue weighted by atomic mass is 79.9. The van der Waals surface area contributed by atoms with Crippen LogP contribution in [0.15, 0.2) is 45.7 Å². The van der Waals surface area contributed by atoms with Gasteiger partial charge in [0.2, 0.25) is 5.82 Å². The van der Waals surface area contributed by atoms with E-state index in [-0.39, 0.29) is 12.5 Å². The zero-order valence-corrected chi connectivity index (χ0v) is 13.1. The summed E-state index contributed by atoms with van der Waals surface area (Å²) in [5.41, 5.74) is 1.18. The summed E-state index contributed by atoms with van der Waals surface area (Å²) in [4.78, 5) is 16.0. The normalized spacial score (nSPS) is 10.6. The second-order valence-corrected chi connectivity index (χ2v) is 5.42. The summed E-state index contributed by atoms with van der Waals surface area (Å²) >= 11 is 3.38. The van der Waals surface area contributed by atoms with Gasteiger partial charge in [0.25, 0.3) is 5.89 Å². The molecule has 22 heavy (non-hydrogen) atoms. The molecule has 0 atom stereocenters. The molecule has 7 nitrogen and oxygen atoms in total. The summed E-state index contributed by atoms with van der Waals surface area (Å²) in [5.74, 6) is 0.177. The molecule has 0 spiro atoms. The lowest BCUT2D eigenvalue weighted by Crippen LogP contribution is -2.04. The Kier molecular flexibility index (Phi) is 4.01. The Bertz CT molecular complexity index is 812. The minimum absolute atomic E-state index is 0.0886. The molecule has 0 aliphatic rings. The number of esters is 1. The Hall–Kier alpha value is -2.48. The van der Waals surface area contributed by atoms with Gasteiger partial charge in [0.05, 0.1) is 11.8 Å². The number of aromatic nitrogens is 4. The second kappa shape index (κ2) is 6.10. The molecule has 0 amide bonds. The van der Waals surface area contributed by atoms with Crippen LogP contribution in [-0.4, -0.2) is 25.9 Å². The molecule has 0 aliphatic carbocycles. The van der Waals surface area contributed by atoms with Crippen molar-refractivity contribution in [3.8, 4) is 11.4 Å². The van der Waals surface area contributed by atoms with Gasteiger partial charge in [-0.3, -0.25) is 4.68 Å². The number of hydrogen-bond acceptors (Lipinski definition) is 6. The average molecular weight is 363 g/mol. The highest BCUT2D eigenvalue weighted by Gasteiger charge is 2.13. The van der Waals surface area contributed by atoms with Gasteiger partial charge in [-0.15, -0.1) is 0 Å². The van der Waals surface area contributed by atoms with Gasteiger partial charge in [0.1, 0.15) is 0 Å². The largest absolute Gasteiger partial charge is 0.452 e. The van der Waals surface area contributed by atoms with Gasteiger partial charge >= 0.3 is 5.97 Å². The molecule has 0 saturated heterocycles. The zero-order chi connectivity index (χ0) is 15.5. The van der Waals surface area contributed by atoms with Gasteiger partial charge in [0.15, 0.2) is 6.61 Å². The van der Waals surface area contributed by atoms with Crippen molar-refractivity contribution >= 4 is 21.9 Å². The molecular weight excluding hydrogens is 352 g/mol. The lowest BCUT2D eigenvalue weighted by molar-refractivity contribution is 0.0429. The Balaban J connectivity index is 1.66. The van der Waals surface area contributed by atoms with E-state index in [2.05, 4.69) is 31.2 Å². The van der Waals surface area contributed by atoms with Crippen molar-refractivity contribution in [2.45, 2.75) is 6.61 Å². The number of hydrogen-bond donors (Lipinski definition) is 0. The van der Waals surface area contributed by atoms with Crippen LogP contribution in [0.25, 0.3) is 11.4 Å². The molecule has 2 aromatic heterocycles. The predicted molar refractivity (Wildman–Crippen MR) is 79.8 cm³/mol. The van der Waals surface area contributed by atoms with E-state index in [4.69, 9.17) is 9.26 Å². The molecule has 0 unspecified atom stereocenters. The van der Waals surface area contributed by atoms with Crippen molar-refractivity contribution in [3.05, 3.63) is 52.6 Å². The van der Waals surface area contributed by atoms with Crippen molar-refractivity contribution in [1.29, 1.82) is 0 Å². The smallest absolute Gasteiger partial charge is 0.341 e. The van der Waals surface area contributed by atoms with E-state index in [0.29, 0.717) is 11.4 Å². The lowest BCUT2D eigenvalue weighted by Gasteiger charge is -1.98. The third-order valence-electron chi connectivity index (χ3n) is 2.82. The quantitative estimate of drug-likeness (QED) is 0.663. The topological polar surface area (TPSA) is 83.0 Å². The molecule has 2 heterocycles. The van der Waals surface area contributed by atoms with E-state index in [0.717, 1.165) is 10.0 Å². The third-order valence-corrected chi connectivity index (χ3v) is 3.31. The van der Waals surface area contributed by atoms with Crippen LogP contribution in [0.5, 0.6) is 0 Å². The number of carbonyl (C=O) groups excluding carboxylic acids is 1. The van der Waals surface area contributed by atoms with E-state index in [1.807, 2.05) is 24.3 Å². The number of aryl methyl sites for hydroxylation is 1. The van der Waals surface area contributed by atoms with Gasteiger partial charge in [0, 0.05) is 23.3 Å². The minimum atomic E-state index is -0.490. The fourth-order valence-corrected chi connectivity index (χ4v) is 2.19. The molecular formula is C14H11BrN4O3. The van der Waals surface area contributed by atoms with Crippen LogP contribution in [-0.2, 0) is 18.4 Å². The van der Waals surface area contributed by atoms with E-state index in [1.165, 1.54) is 10.9 Å². The van der Waals surface area contributed by atoms with Crippen molar-refractivity contribution in [1.82, 2.24) is 19.9 Å². The fourth-order valence-electron chi connectivity index (χ4n) is 1.80. The standard InChI is InChI=1S/C14H11BrN4O3/c1-19-7-10(6-16-19)14(20)21-8-12-17-13(18-22-12)9-3-2-4-11(15)5-9/h2-7H,8H2,1H3. The number of carbonyl (C=O) groups is 1. The first-order valence-corrected chi connectivity index (χ1v) is 7.15. The Morgan fingerprint density at radius 1 is 1.45 bits per heavy atom. The molecule has 0 bridgehead atoms. The minimum Gasteiger partial charge on any atom is -0.452 e. The van der Waals surface area contributed by atoms with Crippen LogP contribution >= 0.6 is 15.9 Å². The van der Waals surface area contributed by atoms with E-state index in [9.17, 15) is 4.79 Å². The molecule has 8 heteroatoms. The first-order valence-electron chi connectivity index (χ1n) is 6.36.